The molecule has 0 saturated carbocycles. The standard InChI is InChI=1S/C16H17N3OS/c1-3-10(2)19-9-11(12-6-4-5-7-13(12)19)8-14-15(20)18-16(17)21-14/h4-10H,3H2,1-2H3,(H2,17,18,20). The Kier molecular flexibility index (Phi) is 3.59. The Morgan fingerprint density at radius 1 is 1.43 bits per heavy atom. The minimum Gasteiger partial charge on any atom is -0.378 e. The monoisotopic (exact) mass is 299 g/mol. The maximum atomic E-state index is 11.8. The van der Waals surface area contributed by atoms with Crippen molar-refractivity contribution in [2.45, 2.75) is 26.3 Å². The Morgan fingerprint density at radius 2 is 2.19 bits per heavy atom. The van der Waals surface area contributed by atoms with Crippen LogP contribution in [0.25, 0.3) is 17.0 Å². The fraction of sp³-hybridized carbons (Fsp3) is 0.250. The van der Waals surface area contributed by atoms with Gasteiger partial charge in [-0.3, -0.25) is 4.79 Å². The van der Waals surface area contributed by atoms with E-state index in [0.29, 0.717) is 16.1 Å². The molecule has 2 aromatic rings. The molecule has 1 aliphatic rings. The maximum Gasteiger partial charge on any atom is 0.286 e. The molecule has 1 aromatic carbocycles. The van der Waals surface area contributed by atoms with Crippen LogP contribution in [0.3, 0.4) is 0 Å². The van der Waals surface area contributed by atoms with Crippen LogP contribution >= 0.6 is 11.8 Å². The molecule has 1 atom stereocenters. The summed E-state index contributed by atoms with van der Waals surface area (Å²) >= 11 is 1.23. The summed E-state index contributed by atoms with van der Waals surface area (Å²) < 4.78 is 2.26. The molecule has 1 amide bonds. The van der Waals surface area contributed by atoms with Gasteiger partial charge in [0.1, 0.15) is 0 Å². The maximum absolute atomic E-state index is 11.8. The molecule has 4 nitrogen and oxygen atoms in total. The first-order chi connectivity index (χ1) is 10.1. The molecule has 5 heteroatoms. The zero-order valence-corrected chi connectivity index (χ0v) is 12.9. The van der Waals surface area contributed by atoms with Gasteiger partial charge in [0.05, 0.1) is 4.91 Å². The Hall–Kier alpha value is -2.01. The van der Waals surface area contributed by atoms with Crippen molar-refractivity contribution in [3.63, 3.8) is 0 Å². The number of hydrogen-bond acceptors (Lipinski definition) is 3. The molecule has 1 unspecified atom stereocenters. The summed E-state index contributed by atoms with van der Waals surface area (Å²) in [7, 11) is 0. The highest BCUT2D eigenvalue weighted by molar-refractivity contribution is 8.18. The summed E-state index contributed by atoms with van der Waals surface area (Å²) in [6.07, 6.45) is 5.05. The van der Waals surface area contributed by atoms with Gasteiger partial charge in [-0.15, -0.1) is 0 Å². The minimum absolute atomic E-state index is 0.252. The first-order valence-corrected chi connectivity index (χ1v) is 7.79. The first kappa shape index (κ1) is 13.9. The van der Waals surface area contributed by atoms with Crippen LogP contribution in [0.5, 0.6) is 0 Å². The van der Waals surface area contributed by atoms with E-state index in [-0.39, 0.29) is 5.91 Å². The summed E-state index contributed by atoms with van der Waals surface area (Å²) in [6, 6.07) is 8.65. The van der Waals surface area contributed by atoms with E-state index >= 15 is 0 Å². The topological polar surface area (TPSA) is 60.4 Å². The molecule has 1 aromatic heterocycles. The number of amides is 1. The van der Waals surface area contributed by atoms with Crippen LogP contribution in [0, 0.1) is 0 Å². The van der Waals surface area contributed by atoms with E-state index in [1.54, 1.807) is 0 Å². The Labute approximate surface area is 127 Å². The van der Waals surface area contributed by atoms with Crippen LogP contribution in [0.4, 0.5) is 0 Å². The number of hydrogen-bond donors (Lipinski definition) is 1. The van der Waals surface area contributed by atoms with Crippen LogP contribution in [-0.2, 0) is 4.79 Å². The lowest BCUT2D eigenvalue weighted by atomic mass is 10.1. The van der Waals surface area contributed by atoms with Crippen LogP contribution in [0.2, 0.25) is 0 Å². The molecule has 2 N–H and O–H groups in total. The predicted molar refractivity (Wildman–Crippen MR) is 89.1 cm³/mol. The van der Waals surface area contributed by atoms with Gasteiger partial charge in [0, 0.05) is 28.7 Å². The zero-order chi connectivity index (χ0) is 15.0. The number of rotatable bonds is 3. The number of fused-ring (bicyclic) bond motifs is 1. The van der Waals surface area contributed by atoms with Crippen molar-refractivity contribution in [2.75, 3.05) is 0 Å². The van der Waals surface area contributed by atoms with Crippen molar-refractivity contribution in [3.8, 4) is 0 Å². The van der Waals surface area contributed by atoms with Crippen LogP contribution < -0.4 is 5.73 Å². The molecule has 0 aliphatic carbocycles. The Balaban J connectivity index is 2.12. The Bertz CT molecular complexity index is 773. The summed E-state index contributed by atoms with van der Waals surface area (Å²) in [6.45, 7) is 4.36. The number of amidine groups is 1. The molecule has 1 aliphatic heterocycles. The highest BCUT2D eigenvalue weighted by Gasteiger charge is 2.20. The van der Waals surface area contributed by atoms with E-state index < -0.39 is 0 Å². The van der Waals surface area contributed by atoms with Gasteiger partial charge >= 0.3 is 0 Å². The number of carbonyl (C=O) groups is 1. The summed E-state index contributed by atoms with van der Waals surface area (Å²) in [5, 5.41) is 1.46. The van der Waals surface area contributed by atoms with Crippen molar-refractivity contribution in [1.82, 2.24) is 4.57 Å². The molecule has 3 rings (SSSR count). The normalized spacial score (nSPS) is 18.5. The number of carbonyl (C=O) groups excluding carboxylic acids is 1. The van der Waals surface area contributed by atoms with Gasteiger partial charge < -0.3 is 10.3 Å². The van der Waals surface area contributed by atoms with Gasteiger partial charge in [0.15, 0.2) is 5.17 Å². The summed E-state index contributed by atoms with van der Waals surface area (Å²) in [5.41, 5.74) is 7.82. The Morgan fingerprint density at radius 3 is 2.86 bits per heavy atom. The average molecular weight is 299 g/mol. The van der Waals surface area contributed by atoms with E-state index in [1.165, 1.54) is 17.3 Å². The van der Waals surface area contributed by atoms with Crippen molar-refractivity contribution < 1.29 is 4.79 Å². The summed E-state index contributed by atoms with van der Waals surface area (Å²) in [4.78, 5) is 16.1. The largest absolute Gasteiger partial charge is 0.378 e. The van der Waals surface area contributed by atoms with Crippen molar-refractivity contribution in [1.29, 1.82) is 0 Å². The molecule has 21 heavy (non-hydrogen) atoms. The van der Waals surface area contributed by atoms with Gasteiger partial charge in [-0.1, -0.05) is 25.1 Å². The van der Waals surface area contributed by atoms with Crippen molar-refractivity contribution in [2.24, 2.45) is 10.7 Å². The lowest BCUT2D eigenvalue weighted by Crippen LogP contribution is -2.01. The second kappa shape index (κ2) is 5.41. The molecule has 0 saturated heterocycles. The number of para-hydroxylation sites is 1. The molecule has 2 heterocycles. The molecule has 0 spiro atoms. The lowest BCUT2D eigenvalue weighted by Gasteiger charge is -2.12. The van der Waals surface area contributed by atoms with Crippen LogP contribution in [0.1, 0.15) is 31.9 Å². The third kappa shape index (κ3) is 2.49. The third-order valence-electron chi connectivity index (χ3n) is 3.76. The van der Waals surface area contributed by atoms with Gasteiger partial charge in [-0.05, 0) is 37.2 Å². The van der Waals surface area contributed by atoms with Gasteiger partial charge in [0.25, 0.3) is 5.91 Å². The molecular weight excluding hydrogens is 282 g/mol. The smallest absolute Gasteiger partial charge is 0.286 e. The SMILES string of the molecule is CCC(C)n1cc(C=C2SC(N)=NC2=O)c2ccccc21. The van der Waals surface area contributed by atoms with Crippen LogP contribution in [0.15, 0.2) is 40.4 Å². The van der Waals surface area contributed by atoms with Crippen LogP contribution in [-0.4, -0.2) is 15.6 Å². The quantitative estimate of drug-likeness (QED) is 0.882. The number of nitrogens with two attached hydrogens (primary N) is 1. The molecule has 0 bridgehead atoms. The highest BCUT2D eigenvalue weighted by atomic mass is 32.2. The first-order valence-electron chi connectivity index (χ1n) is 6.97. The van der Waals surface area contributed by atoms with Crippen molar-refractivity contribution in [3.05, 3.63) is 40.9 Å². The molecule has 0 fully saturated rings. The van der Waals surface area contributed by atoms with Crippen molar-refractivity contribution >= 4 is 39.8 Å². The van der Waals surface area contributed by atoms with E-state index in [4.69, 9.17) is 5.73 Å². The number of benzene rings is 1. The average Bonchev–Trinajstić information content (AvgIpc) is 2.99. The number of nitrogens with zero attached hydrogens (tertiary/aromatic N) is 2. The second-order valence-corrected chi connectivity index (χ2v) is 6.19. The highest BCUT2D eigenvalue weighted by Crippen LogP contribution is 2.31. The van der Waals surface area contributed by atoms with Gasteiger partial charge in [0.2, 0.25) is 0 Å². The van der Waals surface area contributed by atoms with E-state index in [0.717, 1.165) is 17.4 Å². The fourth-order valence-corrected chi connectivity index (χ4v) is 3.15. The predicted octanol–water partition coefficient (Wildman–Crippen LogP) is 3.54. The lowest BCUT2D eigenvalue weighted by molar-refractivity contribution is -0.113. The van der Waals surface area contributed by atoms with Gasteiger partial charge in [-0.25, -0.2) is 0 Å². The number of aliphatic imine (C=N–C) groups is 1. The number of thioether (sulfide) groups is 1. The molecule has 0 radical (unpaired) electrons. The minimum atomic E-state index is -0.252. The molecule has 108 valence electrons. The zero-order valence-electron chi connectivity index (χ0n) is 12.0. The third-order valence-corrected chi connectivity index (χ3v) is 4.57. The second-order valence-electron chi connectivity index (χ2n) is 5.13. The van der Waals surface area contributed by atoms with E-state index in [2.05, 4.69) is 41.7 Å². The van der Waals surface area contributed by atoms with E-state index in [9.17, 15) is 4.79 Å². The van der Waals surface area contributed by atoms with Gasteiger partial charge in [-0.2, -0.15) is 4.99 Å². The number of aromatic nitrogens is 1. The fourth-order valence-electron chi connectivity index (χ4n) is 2.47. The van der Waals surface area contributed by atoms with E-state index in [1.807, 2.05) is 18.2 Å². The summed E-state index contributed by atoms with van der Waals surface area (Å²) in [5.74, 6) is -0.252. The molecular formula is C16H17N3OS.